The van der Waals surface area contributed by atoms with Crippen molar-refractivity contribution in [2.45, 2.75) is 45.7 Å². The lowest BCUT2D eigenvalue weighted by Crippen LogP contribution is -2.30. The van der Waals surface area contributed by atoms with Crippen molar-refractivity contribution in [3.63, 3.8) is 0 Å². The SMILES string of the molecule is CCNCc1cnc(N2CCCC2CC)nc1. The van der Waals surface area contributed by atoms with E-state index >= 15 is 0 Å². The normalized spacial score (nSPS) is 19.9. The highest BCUT2D eigenvalue weighted by atomic mass is 15.3. The highest BCUT2D eigenvalue weighted by molar-refractivity contribution is 5.33. The first kappa shape index (κ1) is 12.3. The van der Waals surface area contributed by atoms with Crippen molar-refractivity contribution in [3.05, 3.63) is 18.0 Å². The van der Waals surface area contributed by atoms with Crippen LogP contribution in [0.5, 0.6) is 0 Å². The Morgan fingerprint density at radius 3 is 2.76 bits per heavy atom. The summed E-state index contributed by atoms with van der Waals surface area (Å²) in [7, 11) is 0. The first-order chi connectivity index (χ1) is 8.35. The van der Waals surface area contributed by atoms with Crippen molar-refractivity contribution in [1.82, 2.24) is 15.3 Å². The van der Waals surface area contributed by atoms with Gasteiger partial charge in [0.2, 0.25) is 5.95 Å². The Balaban J connectivity index is 2.01. The number of rotatable bonds is 5. The molecule has 1 saturated heterocycles. The third-order valence-electron chi connectivity index (χ3n) is 3.38. The minimum Gasteiger partial charge on any atom is -0.338 e. The molecule has 17 heavy (non-hydrogen) atoms. The van der Waals surface area contributed by atoms with E-state index in [1.807, 2.05) is 12.4 Å². The quantitative estimate of drug-likeness (QED) is 0.845. The van der Waals surface area contributed by atoms with Crippen molar-refractivity contribution in [1.29, 1.82) is 0 Å². The number of hydrogen-bond acceptors (Lipinski definition) is 4. The van der Waals surface area contributed by atoms with Gasteiger partial charge in [0.05, 0.1) is 0 Å². The fraction of sp³-hybridized carbons (Fsp3) is 0.692. The average molecular weight is 234 g/mol. The summed E-state index contributed by atoms with van der Waals surface area (Å²) in [6.45, 7) is 7.28. The van der Waals surface area contributed by atoms with Crippen LogP contribution in [-0.4, -0.2) is 29.1 Å². The average Bonchev–Trinajstić information content (AvgIpc) is 2.85. The van der Waals surface area contributed by atoms with Crippen LogP contribution < -0.4 is 10.2 Å². The molecule has 0 bridgehead atoms. The molecule has 1 fully saturated rings. The highest BCUT2D eigenvalue weighted by Crippen LogP contribution is 2.23. The fourth-order valence-electron chi connectivity index (χ4n) is 2.38. The Morgan fingerprint density at radius 2 is 2.12 bits per heavy atom. The summed E-state index contributed by atoms with van der Waals surface area (Å²) in [6, 6.07) is 0.634. The molecule has 0 amide bonds. The lowest BCUT2D eigenvalue weighted by molar-refractivity contribution is 0.633. The topological polar surface area (TPSA) is 41.1 Å². The largest absolute Gasteiger partial charge is 0.338 e. The third-order valence-corrected chi connectivity index (χ3v) is 3.38. The molecule has 1 atom stereocenters. The first-order valence-electron chi connectivity index (χ1n) is 6.63. The summed E-state index contributed by atoms with van der Waals surface area (Å²) < 4.78 is 0. The van der Waals surface area contributed by atoms with Crippen LogP contribution in [0, 0.1) is 0 Å². The van der Waals surface area contributed by atoms with Gasteiger partial charge in [-0.05, 0) is 25.8 Å². The second-order valence-electron chi connectivity index (χ2n) is 4.57. The zero-order valence-corrected chi connectivity index (χ0v) is 10.8. The standard InChI is InChI=1S/C13H22N4/c1-3-12-6-5-7-17(12)13-15-9-11(10-16-13)8-14-4-2/h9-10,12,14H,3-8H2,1-2H3. The van der Waals surface area contributed by atoms with Crippen LogP contribution in [0.2, 0.25) is 0 Å². The van der Waals surface area contributed by atoms with E-state index < -0.39 is 0 Å². The van der Waals surface area contributed by atoms with Crippen LogP contribution in [0.25, 0.3) is 0 Å². The predicted octanol–water partition coefficient (Wildman–Crippen LogP) is 1.96. The second kappa shape index (κ2) is 5.96. The monoisotopic (exact) mass is 234 g/mol. The maximum atomic E-state index is 4.49. The lowest BCUT2D eigenvalue weighted by Gasteiger charge is -2.23. The van der Waals surface area contributed by atoms with Crippen molar-refractivity contribution in [2.24, 2.45) is 0 Å². The molecule has 1 aromatic heterocycles. The maximum Gasteiger partial charge on any atom is 0.225 e. The summed E-state index contributed by atoms with van der Waals surface area (Å²) in [6.07, 6.45) is 7.61. The zero-order chi connectivity index (χ0) is 12.1. The van der Waals surface area contributed by atoms with E-state index in [4.69, 9.17) is 0 Å². The zero-order valence-electron chi connectivity index (χ0n) is 10.8. The van der Waals surface area contributed by atoms with Crippen molar-refractivity contribution in [2.75, 3.05) is 18.0 Å². The summed E-state index contributed by atoms with van der Waals surface area (Å²) in [5, 5.41) is 3.28. The van der Waals surface area contributed by atoms with Gasteiger partial charge in [-0.15, -0.1) is 0 Å². The van der Waals surface area contributed by atoms with E-state index in [0.717, 1.165) is 31.1 Å². The molecule has 4 nitrogen and oxygen atoms in total. The molecule has 2 heterocycles. The van der Waals surface area contributed by atoms with Crippen LogP contribution in [0.4, 0.5) is 5.95 Å². The van der Waals surface area contributed by atoms with Gasteiger partial charge in [0.1, 0.15) is 0 Å². The first-order valence-corrected chi connectivity index (χ1v) is 6.63. The van der Waals surface area contributed by atoms with E-state index in [-0.39, 0.29) is 0 Å². The molecule has 0 saturated carbocycles. The Bertz CT molecular complexity index is 336. The Labute approximate surface area is 103 Å². The minimum atomic E-state index is 0.634. The summed E-state index contributed by atoms with van der Waals surface area (Å²) >= 11 is 0. The van der Waals surface area contributed by atoms with Gasteiger partial charge < -0.3 is 10.2 Å². The van der Waals surface area contributed by atoms with Gasteiger partial charge in [0.15, 0.2) is 0 Å². The van der Waals surface area contributed by atoms with E-state index in [1.54, 1.807) is 0 Å². The Hall–Kier alpha value is -1.16. The van der Waals surface area contributed by atoms with Gasteiger partial charge in [-0.1, -0.05) is 13.8 Å². The number of nitrogens with one attached hydrogen (secondary N) is 1. The maximum absolute atomic E-state index is 4.49. The molecule has 0 radical (unpaired) electrons. The molecular weight excluding hydrogens is 212 g/mol. The Kier molecular flexibility index (Phi) is 4.31. The predicted molar refractivity (Wildman–Crippen MR) is 70.1 cm³/mol. The summed E-state index contributed by atoms with van der Waals surface area (Å²) in [5.41, 5.74) is 1.16. The third kappa shape index (κ3) is 2.94. The van der Waals surface area contributed by atoms with Crippen molar-refractivity contribution in [3.8, 4) is 0 Å². The molecule has 1 aliphatic heterocycles. The van der Waals surface area contributed by atoms with E-state index in [0.29, 0.717) is 6.04 Å². The van der Waals surface area contributed by atoms with Crippen molar-refractivity contribution >= 4 is 5.95 Å². The highest BCUT2D eigenvalue weighted by Gasteiger charge is 2.24. The van der Waals surface area contributed by atoms with E-state index in [9.17, 15) is 0 Å². The van der Waals surface area contributed by atoms with E-state index in [1.165, 1.54) is 19.3 Å². The molecule has 1 N–H and O–H groups in total. The molecule has 0 aromatic carbocycles. The van der Waals surface area contributed by atoms with E-state index in [2.05, 4.69) is 34.0 Å². The van der Waals surface area contributed by atoms with Gasteiger partial charge >= 0.3 is 0 Å². The Morgan fingerprint density at radius 1 is 1.35 bits per heavy atom. The second-order valence-corrected chi connectivity index (χ2v) is 4.57. The van der Waals surface area contributed by atoms with Crippen LogP contribution in [0.1, 0.15) is 38.7 Å². The van der Waals surface area contributed by atoms with Gasteiger partial charge in [0, 0.05) is 37.1 Å². The molecule has 1 aliphatic rings. The number of hydrogen-bond donors (Lipinski definition) is 1. The molecule has 1 aromatic rings. The van der Waals surface area contributed by atoms with Crippen LogP contribution >= 0.6 is 0 Å². The van der Waals surface area contributed by atoms with Crippen LogP contribution in [0.15, 0.2) is 12.4 Å². The van der Waals surface area contributed by atoms with Crippen LogP contribution in [-0.2, 0) is 6.54 Å². The van der Waals surface area contributed by atoms with Crippen molar-refractivity contribution < 1.29 is 0 Å². The van der Waals surface area contributed by atoms with Crippen LogP contribution in [0.3, 0.4) is 0 Å². The fourth-order valence-corrected chi connectivity index (χ4v) is 2.38. The number of nitrogens with zero attached hydrogens (tertiary/aromatic N) is 3. The molecule has 0 aliphatic carbocycles. The van der Waals surface area contributed by atoms with Gasteiger partial charge in [0.25, 0.3) is 0 Å². The molecule has 94 valence electrons. The minimum absolute atomic E-state index is 0.634. The lowest BCUT2D eigenvalue weighted by atomic mass is 10.2. The molecule has 2 rings (SSSR count). The summed E-state index contributed by atoms with van der Waals surface area (Å²) in [5.74, 6) is 0.898. The summed E-state index contributed by atoms with van der Waals surface area (Å²) in [4.78, 5) is 11.3. The molecule has 0 spiro atoms. The van der Waals surface area contributed by atoms with Gasteiger partial charge in [-0.2, -0.15) is 0 Å². The number of anilines is 1. The number of aromatic nitrogens is 2. The molecular formula is C13H22N4. The molecule has 4 heteroatoms. The molecule has 1 unspecified atom stereocenters. The van der Waals surface area contributed by atoms with Gasteiger partial charge in [-0.3, -0.25) is 0 Å². The van der Waals surface area contributed by atoms with Gasteiger partial charge in [-0.25, -0.2) is 9.97 Å². The smallest absolute Gasteiger partial charge is 0.225 e.